The number of benzene rings is 2. The Bertz CT molecular complexity index is 1560. The van der Waals surface area contributed by atoms with Crippen molar-refractivity contribution in [3.05, 3.63) is 56.4 Å². The third-order valence-electron chi connectivity index (χ3n) is 6.68. The van der Waals surface area contributed by atoms with E-state index in [4.69, 9.17) is 18.9 Å². The number of nitrogens with zero attached hydrogens (tertiary/aromatic N) is 4. The molecule has 0 saturated carbocycles. The predicted molar refractivity (Wildman–Crippen MR) is 184 cm³/mol. The lowest BCUT2D eigenvalue weighted by atomic mass is 10.0. The Kier molecular flexibility index (Phi) is 17.7. The molecular formula is C36H41BrN4O4S. The summed E-state index contributed by atoms with van der Waals surface area (Å²) >= 11 is 4.97. The zero-order valence-electron chi connectivity index (χ0n) is 27.1. The molecule has 46 heavy (non-hydrogen) atoms. The van der Waals surface area contributed by atoms with Gasteiger partial charge in [0, 0.05) is 10.4 Å². The molecule has 0 spiro atoms. The second-order valence-corrected chi connectivity index (χ2v) is 12.0. The van der Waals surface area contributed by atoms with Gasteiger partial charge in [0.15, 0.2) is 5.75 Å². The number of ether oxygens (including phenoxy) is 4. The van der Waals surface area contributed by atoms with Crippen LogP contribution < -0.4 is 18.9 Å². The van der Waals surface area contributed by atoms with Gasteiger partial charge in [0.1, 0.15) is 63.8 Å². The summed E-state index contributed by atoms with van der Waals surface area (Å²) in [4.78, 5) is 0.993. The number of halogens is 1. The molecule has 8 nitrogen and oxygen atoms in total. The number of hydrogen-bond acceptors (Lipinski definition) is 9. The third kappa shape index (κ3) is 10.7. The van der Waals surface area contributed by atoms with E-state index < -0.39 is 0 Å². The summed E-state index contributed by atoms with van der Waals surface area (Å²) in [6.45, 7) is 10.4. The fourth-order valence-corrected chi connectivity index (χ4v) is 5.37. The van der Waals surface area contributed by atoms with Crippen molar-refractivity contribution >= 4 is 27.3 Å². The topological polar surface area (TPSA) is 132 Å². The summed E-state index contributed by atoms with van der Waals surface area (Å²) in [5, 5.41) is 39.9. The number of hydrogen-bond donors (Lipinski definition) is 0. The average molecular weight is 706 g/mol. The van der Waals surface area contributed by atoms with Crippen LogP contribution in [0.5, 0.6) is 23.0 Å². The first kappa shape index (κ1) is 38.0. The van der Waals surface area contributed by atoms with Gasteiger partial charge in [0.2, 0.25) is 0 Å². The maximum atomic E-state index is 9.67. The van der Waals surface area contributed by atoms with Crippen LogP contribution in [-0.2, 0) is 0 Å². The van der Waals surface area contributed by atoms with E-state index in [0.717, 1.165) is 61.8 Å². The first-order valence-electron chi connectivity index (χ1n) is 15.7. The summed E-state index contributed by atoms with van der Waals surface area (Å²) < 4.78 is 23.6. The number of unbranched alkanes of at least 4 members (excludes halogenated alkanes) is 4. The van der Waals surface area contributed by atoms with Crippen LogP contribution in [0.3, 0.4) is 0 Å². The second-order valence-electron chi connectivity index (χ2n) is 10.2. The molecule has 0 N–H and O–H groups in total. The number of thiophene rings is 1. The van der Waals surface area contributed by atoms with Crippen LogP contribution in [0.4, 0.5) is 0 Å². The highest BCUT2D eigenvalue weighted by atomic mass is 79.9. The Morgan fingerprint density at radius 2 is 1.04 bits per heavy atom. The molecule has 1 heterocycles. The van der Waals surface area contributed by atoms with Crippen LogP contribution in [0.15, 0.2) is 34.1 Å². The Morgan fingerprint density at radius 1 is 0.609 bits per heavy atom. The first-order valence-corrected chi connectivity index (χ1v) is 17.4. The fourth-order valence-electron chi connectivity index (χ4n) is 4.11. The van der Waals surface area contributed by atoms with E-state index >= 15 is 0 Å². The van der Waals surface area contributed by atoms with Crippen LogP contribution in [0.1, 0.15) is 101 Å². The zero-order valence-corrected chi connectivity index (χ0v) is 29.5. The van der Waals surface area contributed by atoms with Gasteiger partial charge in [-0.3, -0.25) is 0 Å². The summed E-state index contributed by atoms with van der Waals surface area (Å²) in [7, 11) is 0. The molecule has 3 aromatic rings. The molecule has 0 aliphatic carbocycles. The van der Waals surface area contributed by atoms with Gasteiger partial charge >= 0.3 is 0 Å². The fraction of sp³-hybridized carbons (Fsp3) is 0.444. The van der Waals surface area contributed by atoms with E-state index in [-0.39, 0.29) is 22.3 Å². The van der Waals surface area contributed by atoms with Crippen LogP contribution in [0.2, 0.25) is 0 Å². The van der Waals surface area contributed by atoms with Crippen molar-refractivity contribution in [1.29, 1.82) is 21.0 Å². The normalized spacial score (nSPS) is 9.93. The summed E-state index contributed by atoms with van der Waals surface area (Å²) in [6.07, 6.45) is 7.60. The van der Waals surface area contributed by atoms with E-state index in [2.05, 4.69) is 67.9 Å². The molecule has 0 aliphatic rings. The first-order chi connectivity index (χ1) is 22.4. The molecule has 3 rings (SSSR count). The third-order valence-corrected chi connectivity index (χ3v) is 8.17. The van der Waals surface area contributed by atoms with Crippen molar-refractivity contribution in [3.63, 3.8) is 0 Å². The summed E-state index contributed by atoms with van der Waals surface area (Å²) in [6, 6.07) is 15.9. The van der Waals surface area contributed by atoms with Crippen LogP contribution in [0.25, 0.3) is 10.4 Å². The highest BCUT2D eigenvalue weighted by Crippen LogP contribution is 2.42. The molecule has 0 atom stereocenters. The molecule has 0 aliphatic heterocycles. The summed E-state index contributed by atoms with van der Waals surface area (Å²) in [5.41, 5.74) is 1.80. The van der Waals surface area contributed by atoms with E-state index in [1.807, 2.05) is 23.6 Å². The molecular weight excluding hydrogens is 664 g/mol. The Balaban J connectivity index is 0.000000326. The monoisotopic (exact) mass is 704 g/mol. The lowest BCUT2D eigenvalue weighted by molar-refractivity contribution is 0.298. The quantitative estimate of drug-likeness (QED) is 0.127. The highest BCUT2D eigenvalue weighted by molar-refractivity contribution is 9.10. The van der Waals surface area contributed by atoms with Gasteiger partial charge in [-0.1, -0.05) is 59.4 Å². The molecule has 0 unspecified atom stereocenters. The van der Waals surface area contributed by atoms with Gasteiger partial charge in [0.05, 0.1) is 30.9 Å². The Labute approximate surface area is 285 Å². The Hall–Kier alpha value is -4.22. The van der Waals surface area contributed by atoms with Crippen LogP contribution in [-0.4, -0.2) is 26.4 Å². The van der Waals surface area contributed by atoms with E-state index in [1.54, 1.807) is 17.4 Å². The predicted octanol–water partition coefficient (Wildman–Crippen LogP) is 10.1. The number of nitriles is 4. The van der Waals surface area contributed by atoms with Crippen molar-refractivity contribution in [1.82, 2.24) is 0 Å². The highest BCUT2D eigenvalue weighted by Gasteiger charge is 2.22. The maximum absolute atomic E-state index is 9.67. The smallest absolute Gasteiger partial charge is 0.152 e. The molecule has 0 saturated heterocycles. The van der Waals surface area contributed by atoms with Gasteiger partial charge < -0.3 is 18.9 Å². The van der Waals surface area contributed by atoms with Crippen molar-refractivity contribution in [2.24, 2.45) is 0 Å². The minimum Gasteiger partial charge on any atom is -0.492 e. The molecule has 242 valence electrons. The minimum absolute atomic E-state index is 0.231. The molecule has 2 aromatic carbocycles. The van der Waals surface area contributed by atoms with E-state index in [0.29, 0.717) is 53.9 Å². The molecule has 1 aromatic heterocycles. The Morgan fingerprint density at radius 3 is 1.48 bits per heavy atom. The average Bonchev–Trinajstić information content (AvgIpc) is 3.61. The lowest BCUT2D eigenvalue weighted by Crippen LogP contribution is -2.05. The van der Waals surface area contributed by atoms with E-state index in [1.165, 1.54) is 0 Å². The lowest BCUT2D eigenvalue weighted by Gasteiger charge is -2.16. The number of rotatable bonds is 17. The van der Waals surface area contributed by atoms with Crippen LogP contribution >= 0.6 is 27.3 Å². The molecule has 10 heteroatoms. The van der Waals surface area contributed by atoms with Gasteiger partial charge in [-0.25, -0.2) is 0 Å². The summed E-state index contributed by atoms with van der Waals surface area (Å²) in [5.74, 6) is 1.79. The van der Waals surface area contributed by atoms with Gasteiger partial charge in [-0.05, 0) is 65.2 Å². The van der Waals surface area contributed by atoms with Gasteiger partial charge in [0.25, 0.3) is 0 Å². The van der Waals surface area contributed by atoms with Gasteiger partial charge in [-0.2, -0.15) is 21.0 Å². The standard InChI is InChI=1S/C20H22N2O2S.C16H19BrN2O2/c1-3-5-9-23-18-12-15(19-8-7-11-25-19)20(24-10-6-4-2)17(14-22)16(18)13-21;1-3-5-7-20-15-9-14(17)16(21-8-6-4-2)13(11-19)12(15)10-18/h7-8,11-12H,3-6,9-10H2,1-2H3;9H,3-8H2,1-2H3. The van der Waals surface area contributed by atoms with Crippen LogP contribution in [0, 0.1) is 45.3 Å². The molecule has 0 fully saturated rings. The van der Waals surface area contributed by atoms with Crippen molar-refractivity contribution < 1.29 is 18.9 Å². The second kappa shape index (κ2) is 21.5. The van der Waals surface area contributed by atoms with Gasteiger partial charge in [-0.15, -0.1) is 11.3 Å². The van der Waals surface area contributed by atoms with E-state index in [9.17, 15) is 21.0 Å². The largest absolute Gasteiger partial charge is 0.492 e. The maximum Gasteiger partial charge on any atom is 0.152 e. The van der Waals surface area contributed by atoms with Crippen molar-refractivity contribution in [3.8, 4) is 57.7 Å². The molecule has 0 radical (unpaired) electrons. The molecule has 0 bridgehead atoms. The van der Waals surface area contributed by atoms with Crippen molar-refractivity contribution in [2.45, 2.75) is 79.1 Å². The minimum atomic E-state index is 0.231. The zero-order chi connectivity index (χ0) is 33.7. The SMILES string of the molecule is CCCCOc1cc(-c2cccs2)c(OCCCC)c(C#N)c1C#N.CCCCOc1cc(Br)c(OCCCC)c(C#N)c1C#N. The van der Waals surface area contributed by atoms with Crippen molar-refractivity contribution in [2.75, 3.05) is 26.4 Å². The molecule has 0 amide bonds.